The standard InChI is InChI=1S/C8H14N2S/c1-3-5-10-7-6-9(4-2)8(10)11/h6-7H,3-5H2,1-2H3. The van der Waals surface area contributed by atoms with Crippen molar-refractivity contribution in [3.8, 4) is 0 Å². The topological polar surface area (TPSA) is 9.86 Å². The molecule has 0 fully saturated rings. The van der Waals surface area contributed by atoms with Gasteiger partial charge in [0.1, 0.15) is 0 Å². The summed E-state index contributed by atoms with van der Waals surface area (Å²) < 4.78 is 5.12. The van der Waals surface area contributed by atoms with Crippen molar-refractivity contribution in [3.63, 3.8) is 0 Å². The molecule has 1 heterocycles. The predicted molar refractivity (Wildman–Crippen MR) is 49.2 cm³/mol. The van der Waals surface area contributed by atoms with Crippen LogP contribution in [0.4, 0.5) is 0 Å². The van der Waals surface area contributed by atoms with Crippen molar-refractivity contribution >= 4 is 12.2 Å². The Hall–Kier alpha value is -0.570. The van der Waals surface area contributed by atoms with Crippen molar-refractivity contribution in [3.05, 3.63) is 17.2 Å². The summed E-state index contributed by atoms with van der Waals surface area (Å²) in [6.07, 6.45) is 5.23. The molecule has 0 aliphatic rings. The Morgan fingerprint density at radius 3 is 2.36 bits per heavy atom. The first-order valence-electron chi connectivity index (χ1n) is 4.05. The predicted octanol–water partition coefficient (Wildman–Crippen LogP) is 2.45. The van der Waals surface area contributed by atoms with Gasteiger partial charge in [-0.1, -0.05) is 6.92 Å². The van der Waals surface area contributed by atoms with Gasteiger partial charge in [0, 0.05) is 25.5 Å². The highest BCUT2D eigenvalue weighted by atomic mass is 32.1. The van der Waals surface area contributed by atoms with Gasteiger partial charge in [-0.05, 0) is 25.6 Å². The van der Waals surface area contributed by atoms with E-state index in [2.05, 4.69) is 29.2 Å². The Morgan fingerprint density at radius 1 is 1.27 bits per heavy atom. The van der Waals surface area contributed by atoms with Gasteiger partial charge in [0.15, 0.2) is 4.77 Å². The number of aryl methyl sites for hydroxylation is 2. The second-order valence-corrected chi connectivity index (χ2v) is 2.93. The summed E-state index contributed by atoms with van der Waals surface area (Å²) in [4.78, 5) is 0. The zero-order chi connectivity index (χ0) is 8.27. The Labute approximate surface area is 72.5 Å². The molecule has 2 nitrogen and oxygen atoms in total. The Morgan fingerprint density at radius 2 is 1.91 bits per heavy atom. The van der Waals surface area contributed by atoms with Crippen LogP contribution in [-0.2, 0) is 13.1 Å². The van der Waals surface area contributed by atoms with Crippen LogP contribution in [0.3, 0.4) is 0 Å². The number of rotatable bonds is 3. The highest BCUT2D eigenvalue weighted by Crippen LogP contribution is 1.98. The van der Waals surface area contributed by atoms with E-state index in [1.807, 2.05) is 6.20 Å². The molecule has 62 valence electrons. The lowest BCUT2D eigenvalue weighted by atomic mass is 10.5. The number of nitrogens with zero attached hydrogens (tertiary/aromatic N) is 2. The van der Waals surface area contributed by atoms with E-state index in [1.54, 1.807) is 0 Å². The molecule has 0 N–H and O–H groups in total. The summed E-state index contributed by atoms with van der Waals surface area (Å²) >= 11 is 5.22. The molecule has 0 atom stereocenters. The van der Waals surface area contributed by atoms with E-state index in [-0.39, 0.29) is 0 Å². The van der Waals surface area contributed by atoms with Gasteiger partial charge in [-0.2, -0.15) is 0 Å². The van der Waals surface area contributed by atoms with Crippen LogP contribution in [0.1, 0.15) is 20.3 Å². The third kappa shape index (κ3) is 1.71. The van der Waals surface area contributed by atoms with Crippen molar-refractivity contribution in [1.82, 2.24) is 9.13 Å². The first kappa shape index (κ1) is 8.53. The van der Waals surface area contributed by atoms with Crippen molar-refractivity contribution in [2.75, 3.05) is 0 Å². The van der Waals surface area contributed by atoms with E-state index in [9.17, 15) is 0 Å². The summed E-state index contributed by atoms with van der Waals surface area (Å²) in [5.74, 6) is 0. The second-order valence-electron chi connectivity index (χ2n) is 2.56. The van der Waals surface area contributed by atoms with Crippen LogP contribution in [0, 0.1) is 4.77 Å². The van der Waals surface area contributed by atoms with Gasteiger partial charge in [0.25, 0.3) is 0 Å². The third-order valence-electron chi connectivity index (χ3n) is 1.72. The summed E-state index contributed by atoms with van der Waals surface area (Å²) in [5.41, 5.74) is 0. The summed E-state index contributed by atoms with van der Waals surface area (Å²) in [7, 11) is 0. The molecule has 11 heavy (non-hydrogen) atoms. The smallest absolute Gasteiger partial charge is 0.179 e. The molecule has 0 bridgehead atoms. The third-order valence-corrected chi connectivity index (χ3v) is 2.19. The van der Waals surface area contributed by atoms with Crippen molar-refractivity contribution in [1.29, 1.82) is 0 Å². The second kappa shape index (κ2) is 3.72. The average molecular weight is 170 g/mol. The van der Waals surface area contributed by atoms with E-state index < -0.39 is 0 Å². The van der Waals surface area contributed by atoms with Gasteiger partial charge in [0.05, 0.1) is 0 Å². The largest absolute Gasteiger partial charge is 0.324 e. The molecular formula is C8H14N2S. The van der Waals surface area contributed by atoms with Crippen molar-refractivity contribution in [2.45, 2.75) is 33.4 Å². The van der Waals surface area contributed by atoms with Gasteiger partial charge in [0.2, 0.25) is 0 Å². The number of hydrogen-bond acceptors (Lipinski definition) is 1. The zero-order valence-electron chi connectivity index (χ0n) is 7.08. The molecule has 1 aromatic heterocycles. The fourth-order valence-corrected chi connectivity index (χ4v) is 1.45. The lowest BCUT2D eigenvalue weighted by molar-refractivity contribution is 0.638. The van der Waals surface area contributed by atoms with Crippen LogP contribution < -0.4 is 0 Å². The van der Waals surface area contributed by atoms with Crippen LogP contribution in [-0.4, -0.2) is 9.13 Å². The minimum absolute atomic E-state index is 0.939. The first-order valence-corrected chi connectivity index (χ1v) is 4.46. The lowest BCUT2D eigenvalue weighted by Crippen LogP contribution is -1.98. The molecule has 0 aliphatic carbocycles. The molecule has 0 aliphatic heterocycles. The SMILES string of the molecule is CCCn1ccn(CC)c1=S. The highest BCUT2D eigenvalue weighted by Gasteiger charge is 1.94. The minimum Gasteiger partial charge on any atom is -0.324 e. The first-order chi connectivity index (χ1) is 5.29. The van der Waals surface area contributed by atoms with E-state index in [0.717, 1.165) is 24.3 Å². The molecule has 0 aromatic carbocycles. The fraction of sp³-hybridized carbons (Fsp3) is 0.625. The fourth-order valence-electron chi connectivity index (χ4n) is 1.11. The highest BCUT2D eigenvalue weighted by molar-refractivity contribution is 7.71. The van der Waals surface area contributed by atoms with E-state index in [4.69, 9.17) is 12.2 Å². The van der Waals surface area contributed by atoms with E-state index in [1.165, 1.54) is 0 Å². The Bertz CT molecular complexity index is 272. The molecular weight excluding hydrogens is 156 g/mol. The number of aromatic nitrogens is 2. The van der Waals surface area contributed by atoms with E-state index >= 15 is 0 Å². The Balaban J connectivity index is 2.92. The van der Waals surface area contributed by atoms with Gasteiger partial charge >= 0.3 is 0 Å². The van der Waals surface area contributed by atoms with Gasteiger partial charge in [-0.25, -0.2) is 0 Å². The van der Waals surface area contributed by atoms with Crippen molar-refractivity contribution < 1.29 is 0 Å². The lowest BCUT2D eigenvalue weighted by Gasteiger charge is -1.98. The number of imidazole rings is 1. The van der Waals surface area contributed by atoms with Gasteiger partial charge < -0.3 is 9.13 Å². The van der Waals surface area contributed by atoms with Gasteiger partial charge in [-0.15, -0.1) is 0 Å². The normalized spacial score (nSPS) is 10.4. The maximum atomic E-state index is 5.22. The quantitative estimate of drug-likeness (QED) is 0.633. The monoisotopic (exact) mass is 170 g/mol. The van der Waals surface area contributed by atoms with Crippen LogP contribution >= 0.6 is 12.2 Å². The molecule has 0 saturated carbocycles. The molecule has 0 unspecified atom stereocenters. The molecule has 1 aromatic rings. The summed E-state index contributed by atoms with van der Waals surface area (Å²) in [6, 6.07) is 0. The molecule has 0 amide bonds. The number of hydrogen-bond donors (Lipinski definition) is 0. The molecule has 0 spiro atoms. The van der Waals surface area contributed by atoms with Crippen LogP contribution in [0.5, 0.6) is 0 Å². The summed E-state index contributed by atoms with van der Waals surface area (Å²) in [6.45, 7) is 6.26. The molecule has 1 rings (SSSR count). The average Bonchev–Trinajstić information content (AvgIpc) is 2.34. The molecule has 0 saturated heterocycles. The van der Waals surface area contributed by atoms with Gasteiger partial charge in [-0.3, -0.25) is 0 Å². The van der Waals surface area contributed by atoms with Crippen molar-refractivity contribution in [2.24, 2.45) is 0 Å². The Kier molecular flexibility index (Phi) is 2.88. The maximum absolute atomic E-state index is 5.22. The summed E-state index contributed by atoms with van der Waals surface area (Å²) in [5, 5.41) is 0. The minimum atomic E-state index is 0.939. The van der Waals surface area contributed by atoms with Crippen LogP contribution in [0.25, 0.3) is 0 Å². The maximum Gasteiger partial charge on any atom is 0.179 e. The van der Waals surface area contributed by atoms with E-state index in [0.29, 0.717) is 0 Å². The van der Waals surface area contributed by atoms with Crippen LogP contribution in [0.15, 0.2) is 12.4 Å². The van der Waals surface area contributed by atoms with Crippen LogP contribution in [0.2, 0.25) is 0 Å². The molecule has 0 radical (unpaired) electrons. The zero-order valence-corrected chi connectivity index (χ0v) is 7.90. The molecule has 3 heteroatoms.